The largest absolute Gasteiger partial charge is 0.487 e. The fourth-order valence-electron chi connectivity index (χ4n) is 6.65. The zero-order valence-corrected chi connectivity index (χ0v) is 24.9. The Morgan fingerprint density at radius 2 is 1.80 bits per heavy atom. The standard InChI is InChI=1S/C32H39ClN2O5S/c33-26-13-10-25-20-40-30-15-12-23-18-28(30)35(16-4-3-5-22(25)17-26)19-24-11-14-27(24)29(36)6-1-2-7-31(21-8-9-21)41(38,39)34-32(23)37/h1,6,10,12-13,15,17-18,21,24,27,29,31,36H,2-5,7-9,11,14,16,19-20H2,(H,34,37)/b6-1+/t24-,27+,29-,31+/m0/s1. The van der Waals surface area contributed by atoms with E-state index in [1.165, 1.54) is 5.56 Å². The predicted octanol–water partition coefficient (Wildman–Crippen LogP) is 5.64. The molecule has 9 heteroatoms. The van der Waals surface area contributed by atoms with Crippen LogP contribution in [0.2, 0.25) is 5.02 Å². The second-order valence-electron chi connectivity index (χ2n) is 12.1. The second kappa shape index (κ2) is 12.0. The first-order valence-corrected chi connectivity index (χ1v) is 16.9. The lowest BCUT2D eigenvalue weighted by molar-refractivity contribution is 0.0461. The molecule has 2 N–H and O–H groups in total. The number of sulfonamides is 1. The van der Waals surface area contributed by atoms with Gasteiger partial charge in [0.05, 0.1) is 17.0 Å². The van der Waals surface area contributed by atoms with Crippen LogP contribution in [0.25, 0.3) is 0 Å². The molecule has 2 bridgehead atoms. The maximum absolute atomic E-state index is 13.4. The minimum Gasteiger partial charge on any atom is -0.487 e. The molecule has 7 nitrogen and oxygen atoms in total. The molecule has 6 rings (SSSR count). The molecule has 220 valence electrons. The first-order chi connectivity index (χ1) is 19.8. The molecule has 0 unspecified atom stereocenters. The van der Waals surface area contributed by atoms with E-state index in [1.54, 1.807) is 18.2 Å². The van der Waals surface area contributed by atoms with Crippen LogP contribution >= 0.6 is 11.6 Å². The quantitative estimate of drug-likeness (QED) is 0.413. The number of carbonyl (C=O) groups excluding carboxylic acids is 1. The molecule has 0 spiro atoms. The lowest BCUT2D eigenvalue weighted by Crippen LogP contribution is -2.43. The normalized spacial score (nSPS) is 29.4. The third-order valence-electron chi connectivity index (χ3n) is 9.34. The Kier molecular flexibility index (Phi) is 8.35. The fourth-order valence-corrected chi connectivity index (χ4v) is 8.60. The third kappa shape index (κ3) is 6.45. The molecule has 0 aromatic heterocycles. The summed E-state index contributed by atoms with van der Waals surface area (Å²) < 4.78 is 35.5. The van der Waals surface area contributed by atoms with Gasteiger partial charge in [-0.15, -0.1) is 0 Å². The highest BCUT2D eigenvalue weighted by molar-refractivity contribution is 7.90. The molecule has 4 atom stereocenters. The summed E-state index contributed by atoms with van der Waals surface area (Å²) in [5.74, 6) is 0.589. The van der Waals surface area contributed by atoms with Crippen molar-refractivity contribution in [1.29, 1.82) is 0 Å². The van der Waals surface area contributed by atoms with E-state index in [2.05, 4.69) is 9.62 Å². The summed E-state index contributed by atoms with van der Waals surface area (Å²) in [6.07, 6.45) is 10.7. The Morgan fingerprint density at radius 1 is 0.976 bits per heavy atom. The predicted molar refractivity (Wildman–Crippen MR) is 161 cm³/mol. The monoisotopic (exact) mass is 598 g/mol. The number of benzene rings is 2. The van der Waals surface area contributed by atoms with Gasteiger partial charge in [0.15, 0.2) is 0 Å². The highest BCUT2D eigenvalue weighted by Gasteiger charge is 2.41. The number of nitrogens with one attached hydrogen (secondary N) is 1. The highest BCUT2D eigenvalue weighted by atomic mass is 35.5. The number of rotatable bonds is 1. The minimum absolute atomic E-state index is 0.0718. The number of aliphatic hydroxyl groups is 1. The van der Waals surface area contributed by atoms with Crippen molar-refractivity contribution in [3.63, 3.8) is 0 Å². The van der Waals surface area contributed by atoms with Crippen LogP contribution in [-0.4, -0.2) is 43.9 Å². The topological polar surface area (TPSA) is 95.9 Å². The number of fused-ring (bicyclic) bond motifs is 3. The van der Waals surface area contributed by atoms with E-state index in [1.807, 2.05) is 30.4 Å². The molecule has 2 aromatic carbocycles. The van der Waals surface area contributed by atoms with Gasteiger partial charge in [-0.05, 0) is 117 Å². The number of amides is 1. The summed E-state index contributed by atoms with van der Waals surface area (Å²) in [6, 6.07) is 11.1. The van der Waals surface area contributed by atoms with E-state index in [0.717, 1.165) is 69.3 Å². The van der Waals surface area contributed by atoms with Crippen LogP contribution < -0.4 is 14.4 Å². The lowest BCUT2D eigenvalue weighted by Gasteiger charge is -2.42. The van der Waals surface area contributed by atoms with Crippen LogP contribution in [-0.2, 0) is 23.1 Å². The van der Waals surface area contributed by atoms with E-state index >= 15 is 0 Å². The number of aryl methyl sites for hydroxylation is 1. The summed E-state index contributed by atoms with van der Waals surface area (Å²) in [5, 5.41) is 11.1. The van der Waals surface area contributed by atoms with Gasteiger partial charge >= 0.3 is 0 Å². The van der Waals surface area contributed by atoms with E-state index in [4.69, 9.17) is 16.3 Å². The van der Waals surface area contributed by atoms with Gasteiger partial charge in [-0.3, -0.25) is 4.79 Å². The zero-order valence-electron chi connectivity index (χ0n) is 23.3. The Balaban J connectivity index is 1.37. The molecule has 41 heavy (non-hydrogen) atoms. The molecule has 0 saturated heterocycles. The molecule has 0 radical (unpaired) electrons. The van der Waals surface area contributed by atoms with Crippen molar-refractivity contribution in [2.75, 3.05) is 18.0 Å². The van der Waals surface area contributed by atoms with Crippen LogP contribution in [0.1, 0.15) is 72.9 Å². The maximum Gasteiger partial charge on any atom is 0.264 e. The van der Waals surface area contributed by atoms with Crippen LogP contribution in [0.15, 0.2) is 48.6 Å². The first-order valence-electron chi connectivity index (χ1n) is 15.0. The van der Waals surface area contributed by atoms with Crippen molar-refractivity contribution in [2.24, 2.45) is 17.8 Å². The van der Waals surface area contributed by atoms with Crippen molar-refractivity contribution < 1.29 is 23.1 Å². The second-order valence-corrected chi connectivity index (χ2v) is 14.5. The summed E-state index contributed by atoms with van der Waals surface area (Å²) in [5.41, 5.74) is 3.35. The summed E-state index contributed by atoms with van der Waals surface area (Å²) in [4.78, 5) is 15.7. The lowest BCUT2D eigenvalue weighted by atomic mass is 9.70. The van der Waals surface area contributed by atoms with E-state index in [-0.39, 0.29) is 11.8 Å². The Labute approximate surface area is 248 Å². The van der Waals surface area contributed by atoms with Gasteiger partial charge in [0.25, 0.3) is 5.91 Å². The molecule has 2 aliphatic carbocycles. The summed E-state index contributed by atoms with van der Waals surface area (Å²) >= 11 is 6.30. The number of allylic oxidation sites excluding steroid dienone is 1. The van der Waals surface area contributed by atoms with Gasteiger partial charge in [-0.2, -0.15) is 0 Å². The number of carbonyl (C=O) groups is 1. The average Bonchev–Trinajstić information content (AvgIpc) is 3.75. The molecule has 2 aromatic rings. The van der Waals surface area contributed by atoms with Crippen molar-refractivity contribution in [2.45, 2.75) is 75.7 Å². The summed E-state index contributed by atoms with van der Waals surface area (Å²) in [7, 11) is -3.86. The number of aliphatic hydroxyl groups excluding tert-OH is 1. The van der Waals surface area contributed by atoms with E-state index in [0.29, 0.717) is 41.7 Å². The number of hydrogen-bond acceptors (Lipinski definition) is 6. The van der Waals surface area contributed by atoms with Crippen LogP contribution in [0, 0.1) is 17.8 Å². The average molecular weight is 599 g/mol. The molecule has 1 amide bonds. The maximum atomic E-state index is 13.4. The molecule has 2 fully saturated rings. The Bertz CT molecular complexity index is 1420. The molecule has 4 aliphatic rings. The Hall–Kier alpha value is -2.55. The minimum atomic E-state index is -3.86. The highest BCUT2D eigenvalue weighted by Crippen LogP contribution is 2.42. The van der Waals surface area contributed by atoms with Crippen LogP contribution in [0.3, 0.4) is 0 Å². The van der Waals surface area contributed by atoms with Crippen molar-refractivity contribution >= 4 is 33.2 Å². The number of nitrogens with zero attached hydrogens (tertiary/aromatic N) is 1. The van der Waals surface area contributed by atoms with Gasteiger partial charge in [0, 0.05) is 23.7 Å². The third-order valence-corrected chi connectivity index (χ3v) is 11.5. The smallest absolute Gasteiger partial charge is 0.264 e. The zero-order chi connectivity index (χ0) is 28.6. The SMILES string of the molecule is O=C1NS(=O)(=O)[C@@H](C2CC2)CC/C=C/[C@H](O)[C@@H]2CC[C@H]2CN2CCCCc3cc(Cl)ccc3COc3ccc1cc32. The van der Waals surface area contributed by atoms with Gasteiger partial charge in [0.1, 0.15) is 12.4 Å². The summed E-state index contributed by atoms with van der Waals surface area (Å²) in [6.45, 7) is 1.86. The molecule has 2 heterocycles. The van der Waals surface area contributed by atoms with E-state index < -0.39 is 27.3 Å². The van der Waals surface area contributed by atoms with Crippen LogP contribution in [0.5, 0.6) is 5.75 Å². The van der Waals surface area contributed by atoms with Gasteiger partial charge < -0.3 is 14.7 Å². The number of hydrogen-bond donors (Lipinski definition) is 2. The first kappa shape index (κ1) is 28.6. The Morgan fingerprint density at radius 3 is 2.59 bits per heavy atom. The molecular weight excluding hydrogens is 560 g/mol. The van der Waals surface area contributed by atoms with Crippen molar-refractivity contribution in [3.8, 4) is 5.75 Å². The molecule has 2 aliphatic heterocycles. The van der Waals surface area contributed by atoms with Crippen molar-refractivity contribution in [1.82, 2.24) is 4.72 Å². The van der Waals surface area contributed by atoms with Gasteiger partial charge in [-0.1, -0.05) is 29.8 Å². The molecule has 2 saturated carbocycles. The van der Waals surface area contributed by atoms with Crippen molar-refractivity contribution in [3.05, 3.63) is 70.3 Å². The van der Waals surface area contributed by atoms with Gasteiger partial charge in [-0.25, -0.2) is 13.1 Å². The van der Waals surface area contributed by atoms with E-state index in [9.17, 15) is 18.3 Å². The number of halogens is 1. The fraction of sp³-hybridized carbons (Fsp3) is 0.531. The van der Waals surface area contributed by atoms with Crippen LogP contribution in [0.4, 0.5) is 5.69 Å². The number of anilines is 1. The number of ether oxygens (including phenoxy) is 1. The van der Waals surface area contributed by atoms with Gasteiger partial charge in [0.2, 0.25) is 10.0 Å². The molecular formula is C32H39ClN2O5S.